The molecule has 0 radical (unpaired) electrons. The number of benzene rings is 1. The first-order chi connectivity index (χ1) is 9.57. The molecule has 0 saturated heterocycles. The lowest BCUT2D eigenvalue weighted by Gasteiger charge is -2.31. The Kier molecular flexibility index (Phi) is 4.87. The zero-order valence-electron chi connectivity index (χ0n) is 13.2. The Morgan fingerprint density at radius 2 is 1.95 bits per heavy atom. The summed E-state index contributed by atoms with van der Waals surface area (Å²) in [6.07, 6.45) is 6.85. The summed E-state index contributed by atoms with van der Waals surface area (Å²) in [6.45, 7) is 8.71. The van der Waals surface area contributed by atoms with Crippen LogP contribution in [0.15, 0.2) is 30.4 Å². The summed E-state index contributed by atoms with van der Waals surface area (Å²) in [5.41, 5.74) is 2.80. The molecule has 0 saturated carbocycles. The summed E-state index contributed by atoms with van der Waals surface area (Å²) < 4.78 is 5.49. The number of allylic oxidation sites excluding steroid dienone is 2. The summed E-state index contributed by atoms with van der Waals surface area (Å²) in [7, 11) is 1.75. The molecule has 0 amide bonds. The molecule has 1 aliphatic carbocycles. The van der Waals surface area contributed by atoms with E-state index in [1.165, 1.54) is 11.1 Å². The van der Waals surface area contributed by atoms with Crippen LogP contribution in [0.25, 0.3) is 0 Å². The Labute approximate surface area is 123 Å². The molecule has 2 rings (SSSR count). The highest BCUT2D eigenvalue weighted by Gasteiger charge is 2.33. The molecular weight excluding hydrogens is 246 g/mol. The van der Waals surface area contributed by atoms with Crippen molar-refractivity contribution in [1.82, 2.24) is 5.32 Å². The van der Waals surface area contributed by atoms with Gasteiger partial charge in [0.15, 0.2) is 0 Å². The van der Waals surface area contributed by atoms with Crippen LogP contribution in [0.5, 0.6) is 5.75 Å². The largest absolute Gasteiger partial charge is 0.496 e. The van der Waals surface area contributed by atoms with Crippen LogP contribution in [0.1, 0.15) is 37.8 Å². The minimum Gasteiger partial charge on any atom is -0.496 e. The minimum atomic E-state index is 0.204. The van der Waals surface area contributed by atoms with Gasteiger partial charge in [-0.2, -0.15) is 0 Å². The fourth-order valence-electron chi connectivity index (χ4n) is 2.93. The van der Waals surface area contributed by atoms with Crippen LogP contribution in [-0.2, 0) is 5.41 Å². The Bertz CT molecular complexity index is 468. The standard InChI is InChI=1S/C18H27NO/c1-14(2)12-19-13-18(9-5-6-10-18)16-8-7-15(3)17(11-16)20-4/h5-8,11,14,19H,9-10,12-13H2,1-4H3. The number of aryl methyl sites for hydroxylation is 1. The quantitative estimate of drug-likeness (QED) is 0.795. The fraction of sp³-hybridized carbons (Fsp3) is 0.556. The zero-order chi connectivity index (χ0) is 14.6. The lowest BCUT2D eigenvalue weighted by molar-refractivity contribution is 0.391. The van der Waals surface area contributed by atoms with Crippen molar-refractivity contribution in [2.45, 2.75) is 39.0 Å². The van der Waals surface area contributed by atoms with Gasteiger partial charge in [0.05, 0.1) is 7.11 Å². The monoisotopic (exact) mass is 273 g/mol. The first-order valence-corrected chi connectivity index (χ1v) is 7.58. The first-order valence-electron chi connectivity index (χ1n) is 7.58. The van der Waals surface area contributed by atoms with Crippen molar-refractivity contribution < 1.29 is 4.74 Å². The highest BCUT2D eigenvalue weighted by Crippen LogP contribution is 2.38. The molecule has 0 unspecified atom stereocenters. The van der Waals surface area contributed by atoms with Crippen molar-refractivity contribution in [1.29, 1.82) is 0 Å². The molecule has 1 aliphatic rings. The van der Waals surface area contributed by atoms with Crippen LogP contribution in [-0.4, -0.2) is 20.2 Å². The SMILES string of the molecule is COc1cc(C2(CNCC(C)C)CC=CC2)ccc1C. The number of nitrogens with one attached hydrogen (secondary N) is 1. The molecule has 0 aromatic heterocycles. The van der Waals surface area contributed by atoms with Gasteiger partial charge < -0.3 is 10.1 Å². The second-order valence-corrected chi connectivity index (χ2v) is 6.37. The maximum atomic E-state index is 5.49. The van der Waals surface area contributed by atoms with Crippen molar-refractivity contribution in [2.24, 2.45) is 5.92 Å². The van der Waals surface area contributed by atoms with Crippen molar-refractivity contribution >= 4 is 0 Å². The second kappa shape index (κ2) is 6.45. The molecule has 1 N–H and O–H groups in total. The Hall–Kier alpha value is -1.28. The summed E-state index contributed by atoms with van der Waals surface area (Å²) in [5.74, 6) is 1.69. The highest BCUT2D eigenvalue weighted by atomic mass is 16.5. The van der Waals surface area contributed by atoms with E-state index in [0.29, 0.717) is 5.92 Å². The molecule has 0 spiro atoms. The molecule has 0 heterocycles. The molecule has 0 bridgehead atoms. The van der Waals surface area contributed by atoms with Gasteiger partial charge in [-0.25, -0.2) is 0 Å². The zero-order valence-corrected chi connectivity index (χ0v) is 13.2. The van der Waals surface area contributed by atoms with E-state index in [-0.39, 0.29) is 5.41 Å². The first kappa shape index (κ1) is 15.1. The maximum absolute atomic E-state index is 5.49. The van der Waals surface area contributed by atoms with E-state index in [2.05, 4.69) is 56.4 Å². The molecule has 110 valence electrons. The van der Waals surface area contributed by atoms with Gasteiger partial charge in [0.1, 0.15) is 5.75 Å². The Morgan fingerprint density at radius 1 is 1.25 bits per heavy atom. The van der Waals surface area contributed by atoms with Crippen LogP contribution in [0, 0.1) is 12.8 Å². The van der Waals surface area contributed by atoms with Crippen molar-refractivity contribution in [3.8, 4) is 5.75 Å². The van der Waals surface area contributed by atoms with Gasteiger partial charge in [0.2, 0.25) is 0 Å². The van der Waals surface area contributed by atoms with Crippen LogP contribution in [0.3, 0.4) is 0 Å². The smallest absolute Gasteiger partial charge is 0.122 e. The van der Waals surface area contributed by atoms with Gasteiger partial charge in [-0.3, -0.25) is 0 Å². The van der Waals surface area contributed by atoms with Gasteiger partial charge in [-0.15, -0.1) is 0 Å². The minimum absolute atomic E-state index is 0.204. The van der Waals surface area contributed by atoms with E-state index in [1.54, 1.807) is 7.11 Å². The van der Waals surface area contributed by atoms with E-state index in [9.17, 15) is 0 Å². The van der Waals surface area contributed by atoms with Gasteiger partial charge in [0.25, 0.3) is 0 Å². The van der Waals surface area contributed by atoms with Crippen LogP contribution < -0.4 is 10.1 Å². The molecule has 2 heteroatoms. The summed E-state index contributed by atoms with van der Waals surface area (Å²) in [4.78, 5) is 0. The van der Waals surface area contributed by atoms with Gasteiger partial charge in [-0.1, -0.05) is 38.1 Å². The normalized spacial score (nSPS) is 16.9. The van der Waals surface area contributed by atoms with Crippen molar-refractivity contribution in [3.63, 3.8) is 0 Å². The third-order valence-electron chi connectivity index (χ3n) is 4.22. The molecular formula is C18H27NO. The average molecular weight is 273 g/mol. The molecule has 0 aliphatic heterocycles. The van der Waals surface area contributed by atoms with Crippen molar-refractivity contribution in [2.75, 3.05) is 20.2 Å². The molecule has 0 fully saturated rings. The van der Waals surface area contributed by atoms with Crippen LogP contribution in [0.4, 0.5) is 0 Å². The van der Waals surface area contributed by atoms with Gasteiger partial charge in [-0.05, 0) is 49.4 Å². The van der Waals surface area contributed by atoms with E-state index in [4.69, 9.17) is 4.74 Å². The topological polar surface area (TPSA) is 21.3 Å². The maximum Gasteiger partial charge on any atom is 0.122 e. The molecule has 0 atom stereocenters. The van der Waals surface area contributed by atoms with Crippen LogP contribution >= 0.6 is 0 Å². The number of methoxy groups -OCH3 is 1. The fourth-order valence-corrected chi connectivity index (χ4v) is 2.93. The van der Waals surface area contributed by atoms with Crippen LogP contribution in [0.2, 0.25) is 0 Å². The third kappa shape index (κ3) is 3.24. The molecule has 1 aromatic carbocycles. The Morgan fingerprint density at radius 3 is 2.55 bits per heavy atom. The average Bonchev–Trinajstić information content (AvgIpc) is 2.88. The van der Waals surface area contributed by atoms with E-state index in [0.717, 1.165) is 31.7 Å². The van der Waals surface area contributed by atoms with Gasteiger partial charge in [0, 0.05) is 12.0 Å². The number of ether oxygens (including phenoxy) is 1. The van der Waals surface area contributed by atoms with Crippen molar-refractivity contribution in [3.05, 3.63) is 41.5 Å². The number of hydrogen-bond acceptors (Lipinski definition) is 2. The van der Waals surface area contributed by atoms with E-state index >= 15 is 0 Å². The second-order valence-electron chi connectivity index (χ2n) is 6.37. The number of rotatable bonds is 6. The summed E-state index contributed by atoms with van der Waals surface area (Å²) in [6, 6.07) is 6.66. The Balaban J connectivity index is 2.19. The lowest BCUT2D eigenvalue weighted by Crippen LogP contribution is -2.37. The van der Waals surface area contributed by atoms with E-state index < -0.39 is 0 Å². The van der Waals surface area contributed by atoms with Gasteiger partial charge >= 0.3 is 0 Å². The van der Waals surface area contributed by atoms with E-state index in [1.807, 2.05) is 0 Å². The number of hydrogen-bond donors (Lipinski definition) is 1. The molecule has 20 heavy (non-hydrogen) atoms. The highest BCUT2D eigenvalue weighted by molar-refractivity contribution is 5.41. The molecule has 2 nitrogen and oxygen atoms in total. The third-order valence-corrected chi connectivity index (χ3v) is 4.22. The lowest BCUT2D eigenvalue weighted by atomic mass is 9.77. The summed E-state index contributed by atoms with van der Waals surface area (Å²) in [5, 5.41) is 3.64. The molecule has 1 aromatic rings. The predicted molar refractivity (Wildman–Crippen MR) is 85.5 cm³/mol. The predicted octanol–water partition coefficient (Wildman–Crippen LogP) is 3.84. The summed E-state index contributed by atoms with van der Waals surface area (Å²) >= 11 is 0.